The van der Waals surface area contributed by atoms with Crippen LogP contribution in [0.15, 0.2) is 52.9 Å². The molecule has 3 heterocycles. The van der Waals surface area contributed by atoms with E-state index in [1.807, 2.05) is 11.3 Å². The van der Waals surface area contributed by atoms with E-state index in [1.165, 1.54) is 31.1 Å². The second-order valence-corrected chi connectivity index (χ2v) is 12.4. The van der Waals surface area contributed by atoms with Crippen molar-refractivity contribution in [3.63, 3.8) is 0 Å². The van der Waals surface area contributed by atoms with E-state index in [-0.39, 0.29) is 16.6 Å². The van der Waals surface area contributed by atoms with E-state index in [9.17, 15) is 0 Å². The fraction of sp³-hybridized carbons (Fsp3) is 0.357. The van der Waals surface area contributed by atoms with Crippen LogP contribution in [-0.2, 0) is 14.7 Å². The Morgan fingerprint density at radius 2 is 1.39 bits per heavy atom. The summed E-state index contributed by atoms with van der Waals surface area (Å²) in [5.41, 5.74) is 3.54. The zero-order valence-corrected chi connectivity index (χ0v) is 21.1. The Morgan fingerprint density at radius 1 is 0.727 bits per heavy atom. The molecule has 6 rings (SSSR count). The number of thiophene rings is 1. The molecule has 3 nitrogen and oxygen atoms in total. The fourth-order valence-electron chi connectivity index (χ4n) is 4.74. The Kier molecular flexibility index (Phi) is 4.26. The molecule has 0 saturated carbocycles. The van der Waals surface area contributed by atoms with E-state index in [1.54, 1.807) is 0 Å². The summed E-state index contributed by atoms with van der Waals surface area (Å²) >= 11 is 1.85. The van der Waals surface area contributed by atoms with Crippen molar-refractivity contribution in [2.75, 3.05) is 0 Å². The van der Waals surface area contributed by atoms with Crippen molar-refractivity contribution in [3.05, 3.63) is 54.1 Å². The van der Waals surface area contributed by atoms with Crippen LogP contribution in [0.2, 0.25) is 0 Å². The molecule has 2 aromatic heterocycles. The minimum atomic E-state index is -0.393. The second-order valence-electron chi connectivity index (χ2n) is 11.3. The molecule has 168 valence electrons. The number of fused-ring (bicyclic) bond motifs is 7. The molecule has 1 saturated heterocycles. The number of benzene rings is 3. The smallest absolute Gasteiger partial charge is 0.456 e. The summed E-state index contributed by atoms with van der Waals surface area (Å²) in [5, 5.41) is 4.88. The molecule has 0 bridgehead atoms. The van der Waals surface area contributed by atoms with Crippen molar-refractivity contribution in [3.8, 4) is 0 Å². The van der Waals surface area contributed by atoms with Gasteiger partial charge in [0.2, 0.25) is 0 Å². The molecule has 5 aromatic rings. The van der Waals surface area contributed by atoms with Crippen LogP contribution in [0, 0.1) is 0 Å². The average molecular weight is 456 g/mol. The first-order valence-corrected chi connectivity index (χ1v) is 12.4. The van der Waals surface area contributed by atoms with Crippen LogP contribution in [-0.4, -0.2) is 18.3 Å². The summed E-state index contributed by atoms with van der Waals surface area (Å²) in [7, 11) is -0.393. The maximum Gasteiger partial charge on any atom is 0.494 e. The zero-order valence-electron chi connectivity index (χ0n) is 20.3. The normalized spacial score (nSPS) is 18.3. The fourth-order valence-corrected chi connectivity index (χ4v) is 5.84. The highest BCUT2D eigenvalue weighted by atomic mass is 32.1. The topological polar surface area (TPSA) is 31.6 Å². The first kappa shape index (κ1) is 21.2. The first-order valence-electron chi connectivity index (χ1n) is 11.6. The van der Waals surface area contributed by atoms with Gasteiger partial charge in [0.05, 0.1) is 11.2 Å². The first-order chi connectivity index (χ1) is 15.4. The van der Waals surface area contributed by atoms with Crippen LogP contribution < -0.4 is 5.46 Å². The predicted octanol–water partition coefficient (Wildman–Crippen LogP) is 7.55. The molecule has 0 spiro atoms. The zero-order chi connectivity index (χ0) is 23.3. The van der Waals surface area contributed by atoms with Crippen molar-refractivity contribution in [1.82, 2.24) is 0 Å². The molecule has 1 fully saturated rings. The molecule has 1 aliphatic rings. The molecular formula is C28H29BO3S. The van der Waals surface area contributed by atoms with Crippen LogP contribution in [0.5, 0.6) is 0 Å². The lowest BCUT2D eigenvalue weighted by atomic mass is 9.78. The number of hydrogen-bond acceptors (Lipinski definition) is 4. The third-order valence-corrected chi connectivity index (χ3v) is 8.62. The van der Waals surface area contributed by atoms with Crippen molar-refractivity contribution < 1.29 is 13.7 Å². The second kappa shape index (κ2) is 6.62. The van der Waals surface area contributed by atoms with Crippen molar-refractivity contribution in [2.45, 2.75) is 65.1 Å². The third kappa shape index (κ3) is 3.09. The Labute approximate surface area is 198 Å². The van der Waals surface area contributed by atoms with Gasteiger partial charge in [-0.25, -0.2) is 0 Å². The predicted molar refractivity (Wildman–Crippen MR) is 141 cm³/mol. The van der Waals surface area contributed by atoms with Crippen LogP contribution in [0.4, 0.5) is 0 Å². The third-order valence-electron chi connectivity index (χ3n) is 7.48. The molecule has 0 amide bonds. The Balaban J connectivity index is 1.62. The van der Waals surface area contributed by atoms with E-state index < -0.39 is 7.12 Å². The van der Waals surface area contributed by atoms with Crippen molar-refractivity contribution in [2.24, 2.45) is 0 Å². The highest BCUT2D eigenvalue weighted by Crippen LogP contribution is 2.43. The monoisotopic (exact) mass is 456 g/mol. The minimum Gasteiger partial charge on any atom is -0.456 e. The van der Waals surface area contributed by atoms with Gasteiger partial charge in [0.15, 0.2) is 0 Å². The van der Waals surface area contributed by atoms with Gasteiger partial charge < -0.3 is 13.7 Å². The molecule has 1 aliphatic heterocycles. The molecule has 0 radical (unpaired) electrons. The van der Waals surface area contributed by atoms with Crippen LogP contribution in [0.25, 0.3) is 42.1 Å². The lowest BCUT2D eigenvalue weighted by molar-refractivity contribution is 0.00578. The van der Waals surface area contributed by atoms with E-state index in [0.29, 0.717) is 0 Å². The maximum atomic E-state index is 6.33. The molecule has 0 N–H and O–H groups in total. The summed E-state index contributed by atoms with van der Waals surface area (Å²) in [6.07, 6.45) is 0. The van der Waals surface area contributed by atoms with E-state index >= 15 is 0 Å². The maximum absolute atomic E-state index is 6.33. The van der Waals surface area contributed by atoms with Gasteiger partial charge in [-0.1, -0.05) is 39.0 Å². The molecule has 0 atom stereocenters. The van der Waals surface area contributed by atoms with E-state index in [0.717, 1.165) is 22.0 Å². The standard InChI is InChI=1S/C28H29BO3S/c1-26(2,3)16-8-12-22-19(14-16)25-23(33-22)13-11-21-24(25)18-15-17(9-10-20(18)30-21)29-31-27(4,5)28(6,7)32-29/h8-15H,1-7H3. The number of hydrogen-bond donors (Lipinski definition) is 0. The van der Waals surface area contributed by atoms with Gasteiger partial charge in [-0.15, -0.1) is 11.3 Å². The molecule has 3 aromatic carbocycles. The molecule has 33 heavy (non-hydrogen) atoms. The minimum absolute atomic E-state index is 0.0960. The Morgan fingerprint density at radius 3 is 2.09 bits per heavy atom. The van der Waals surface area contributed by atoms with Gasteiger partial charge in [-0.3, -0.25) is 0 Å². The van der Waals surface area contributed by atoms with Gasteiger partial charge in [-0.2, -0.15) is 0 Å². The Bertz CT molecular complexity index is 1550. The summed E-state index contributed by atoms with van der Waals surface area (Å²) in [6.45, 7) is 15.2. The number of rotatable bonds is 1. The van der Waals surface area contributed by atoms with Gasteiger partial charge in [0.1, 0.15) is 11.2 Å². The average Bonchev–Trinajstić information content (AvgIpc) is 3.34. The van der Waals surface area contributed by atoms with E-state index in [2.05, 4.69) is 97.0 Å². The summed E-state index contributed by atoms with van der Waals surface area (Å²) in [5.74, 6) is 0. The summed E-state index contributed by atoms with van der Waals surface area (Å²) in [4.78, 5) is 0. The van der Waals surface area contributed by atoms with Gasteiger partial charge in [-0.05, 0) is 74.5 Å². The van der Waals surface area contributed by atoms with Gasteiger partial charge >= 0.3 is 7.12 Å². The van der Waals surface area contributed by atoms with Crippen LogP contribution in [0.3, 0.4) is 0 Å². The lowest BCUT2D eigenvalue weighted by Crippen LogP contribution is -2.41. The van der Waals surface area contributed by atoms with Gasteiger partial charge in [0.25, 0.3) is 0 Å². The highest BCUT2D eigenvalue weighted by Gasteiger charge is 2.51. The number of furan rings is 1. The van der Waals surface area contributed by atoms with Crippen LogP contribution in [0.1, 0.15) is 54.0 Å². The molecular weight excluding hydrogens is 427 g/mol. The highest BCUT2D eigenvalue weighted by molar-refractivity contribution is 7.26. The SMILES string of the molecule is CC(C)(C)c1ccc2sc3ccc4oc5ccc(B6OC(C)(C)C(C)(C)O6)cc5c4c3c2c1. The lowest BCUT2D eigenvalue weighted by Gasteiger charge is -2.32. The van der Waals surface area contributed by atoms with Crippen molar-refractivity contribution >= 4 is 66.0 Å². The van der Waals surface area contributed by atoms with Crippen molar-refractivity contribution in [1.29, 1.82) is 0 Å². The largest absolute Gasteiger partial charge is 0.494 e. The Hall–Kier alpha value is -2.34. The summed E-state index contributed by atoms with van der Waals surface area (Å²) in [6, 6.07) is 17.5. The summed E-state index contributed by atoms with van der Waals surface area (Å²) < 4.78 is 21.6. The molecule has 5 heteroatoms. The molecule has 0 unspecified atom stereocenters. The van der Waals surface area contributed by atoms with E-state index in [4.69, 9.17) is 13.7 Å². The molecule has 0 aliphatic carbocycles. The quantitative estimate of drug-likeness (QED) is 0.244. The van der Waals surface area contributed by atoms with Crippen LogP contribution >= 0.6 is 11.3 Å². The van der Waals surface area contributed by atoms with Gasteiger partial charge in [0, 0.05) is 30.9 Å².